The lowest BCUT2D eigenvalue weighted by Gasteiger charge is -2.18. The van der Waals surface area contributed by atoms with Gasteiger partial charge in [0.25, 0.3) is 0 Å². The molecule has 0 saturated carbocycles. The van der Waals surface area contributed by atoms with Crippen LogP contribution in [0.25, 0.3) is 0 Å². The van der Waals surface area contributed by atoms with Gasteiger partial charge in [0.1, 0.15) is 12.1 Å². The van der Waals surface area contributed by atoms with Gasteiger partial charge in [-0.25, -0.2) is 4.79 Å². The SMILES string of the molecule is CC/C=C\C/C=C\C/C=C\C/C=C\CCCCCCCCC(=O)OC(CCC/C=C\CCCCCCCCCC)CCCCCCCC(=O)NC(CCCN)C(=O)O. The van der Waals surface area contributed by atoms with Crippen molar-refractivity contribution in [2.45, 2.75) is 238 Å². The Morgan fingerprint density at radius 1 is 0.517 bits per heavy atom. The van der Waals surface area contributed by atoms with Crippen LogP contribution >= 0.6 is 0 Å². The molecule has 0 fully saturated rings. The predicted octanol–water partition coefficient (Wildman–Crippen LogP) is 14.1. The van der Waals surface area contributed by atoms with Crippen molar-refractivity contribution in [3.8, 4) is 0 Å². The van der Waals surface area contributed by atoms with Gasteiger partial charge in [0.05, 0.1) is 0 Å². The molecule has 0 heterocycles. The summed E-state index contributed by atoms with van der Waals surface area (Å²) >= 11 is 0. The van der Waals surface area contributed by atoms with Gasteiger partial charge < -0.3 is 20.9 Å². The number of hydrogen-bond acceptors (Lipinski definition) is 5. The molecule has 2 unspecified atom stereocenters. The Bertz CT molecular complexity index is 1090. The second kappa shape index (κ2) is 45.2. The summed E-state index contributed by atoms with van der Waals surface area (Å²) in [5.41, 5.74) is 5.49. The van der Waals surface area contributed by atoms with Crippen LogP contribution in [0, 0.1) is 0 Å². The third-order valence-electron chi connectivity index (χ3n) is 10.6. The normalized spacial score (nSPS) is 13.2. The standard InChI is InChI=1S/C51H90N2O5/c1-3-5-7-9-11-13-15-17-18-19-20-21-22-24-26-28-30-35-39-45-50(55)58-47(41-36-32-29-27-25-23-16-14-12-10-8-6-4-2)42-37-33-31-34-38-44-49(54)53-48(51(56)57)43-40-46-52/h5,7,11,13,17-18,20-21,27,29,47-48H,3-4,6,8-10,12,14-16,19,22-26,28,30-46,52H2,1-2H3,(H,53,54)(H,56,57)/b7-5-,13-11-,18-17-,21-20-,29-27-. The van der Waals surface area contributed by atoms with Crippen LogP contribution in [0.5, 0.6) is 0 Å². The highest BCUT2D eigenvalue weighted by Crippen LogP contribution is 2.18. The number of carboxylic acid groups (broad SMARTS) is 1. The van der Waals surface area contributed by atoms with Crippen LogP contribution in [-0.4, -0.2) is 41.6 Å². The smallest absolute Gasteiger partial charge is 0.326 e. The minimum absolute atomic E-state index is 0.0285. The van der Waals surface area contributed by atoms with Crippen LogP contribution in [0.1, 0.15) is 226 Å². The second-order valence-corrected chi connectivity index (χ2v) is 16.1. The molecule has 2 atom stereocenters. The van der Waals surface area contributed by atoms with Gasteiger partial charge in [-0.3, -0.25) is 9.59 Å². The Hall–Kier alpha value is -2.93. The van der Waals surface area contributed by atoms with Gasteiger partial charge in [-0.15, -0.1) is 0 Å². The molecule has 0 rings (SSSR count). The topological polar surface area (TPSA) is 119 Å². The van der Waals surface area contributed by atoms with Crippen molar-refractivity contribution >= 4 is 17.8 Å². The van der Waals surface area contributed by atoms with Crippen molar-refractivity contribution in [3.05, 3.63) is 60.8 Å². The summed E-state index contributed by atoms with van der Waals surface area (Å²) in [4.78, 5) is 36.5. The Morgan fingerprint density at radius 3 is 1.52 bits per heavy atom. The maximum absolute atomic E-state index is 12.8. The number of allylic oxidation sites excluding steroid dienone is 10. The van der Waals surface area contributed by atoms with Crippen LogP contribution in [0.15, 0.2) is 60.8 Å². The molecular formula is C51H90N2O5. The van der Waals surface area contributed by atoms with E-state index < -0.39 is 12.0 Å². The monoisotopic (exact) mass is 811 g/mol. The molecular weight excluding hydrogens is 721 g/mol. The summed E-state index contributed by atoms with van der Waals surface area (Å²) in [5.74, 6) is -1.26. The number of nitrogens with two attached hydrogens (primary N) is 1. The van der Waals surface area contributed by atoms with Crippen LogP contribution in [0.3, 0.4) is 0 Å². The molecule has 0 aliphatic heterocycles. The average Bonchev–Trinajstić information content (AvgIpc) is 3.21. The largest absolute Gasteiger partial charge is 0.480 e. The number of rotatable bonds is 43. The fourth-order valence-corrected chi connectivity index (χ4v) is 6.97. The van der Waals surface area contributed by atoms with Gasteiger partial charge in [-0.05, 0) is 116 Å². The molecule has 0 radical (unpaired) electrons. The van der Waals surface area contributed by atoms with Gasteiger partial charge in [0.15, 0.2) is 0 Å². The summed E-state index contributed by atoms with van der Waals surface area (Å²) in [7, 11) is 0. The quantitative estimate of drug-likeness (QED) is 0.0321. The van der Waals surface area contributed by atoms with Gasteiger partial charge >= 0.3 is 11.9 Å². The number of carbonyl (C=O) groups excluding carboxylic acids is 2. The number of esters is 1. The van der Waals surface area contributed by atoms with Gasteiger partial charge in [-0.1, -0.05) is 164 Å². The molecule has 1 amide bonds. The minimum Gasteiger partial charge on any atom is -0.480 e. The number of ether oxygens (including phenoxy) is 1. The van der Waals surface area contributed by atoms with E-state index in [4.69, 9.17) is 10.5 Å². The molecule has 4 N–H and O–H groups in total. The van der Waals surface area contributed by atoms with E-state index in [1.54, 1.807) is 0 Å². The Labute approximate surface area is 357 Å². The minimum atomic E-state index is -1.01. The summed E-state index contributed by atoms with van der Waals surface area (Å²) < 4.78 is 6.05. The third kappa shape index (κ3) is 41.2. The zero-order valence-electron chi connectivity index (χ0n) is 37.6. The molecule has 0 spiro atoms. The first-order valence-corrected chi connectivity index (χ1v) is 24.1. The number of unbranched alkanes of at least 4 members (excludes halogenated alkanes) is 19. The molecule has 0 aromatic rings. The summed E-state index contributed by atoms with van der Waals surface area (Å²) in [6.07, 6.45) is 57.0. The van der Waals surface area contributed by atoms with Crippen molar-refractivity contribution in [1.82, 2.24) is 5.32 Å². The van der Waals surface area contributed by atoms with Crippen molar-refractivity contribution < 1.29 is 24.2 Å². The lowest BCUT2D eigenvalue weighted by Crippen LogP contribution is -2.40. The van der Waals surface area contributed by atoms with E-state index in [1.165, 1.54) is 77.0 Å². The number of hydrogen-bond donors (Lipinski definition) is 3. The molecule has 58 heavy (non-hydrogen) atoms. The number of carbonyl (C=O) groups is 3. The van der Waals surface area contributed by atoms with E-state index in [9.17, 15) is 19.5 Å². The van der Waals surface area contributed by atoms with Crippen LogP contribution < -0.4 is 11.1 Å². The molecule has 334 valence electrons. The molecule has 0 aliphatic rings. The molecule has 0 bridgehead atoms. The predicted molar refractivity (Wildman–Crippen MR) is 248 cm³/mol. The lowest BCUT2D eigenvalue weighted by molar-refractivity contribution is -0.150. The fourth-order valence-electron chi connectivity index (χ4n) is 6.97. The van der Waals surface area contributed by atoms with Crippen molar-refractivity contribution in [1.29, 1.82) is 0 Å². The van der Waals surface area contributed by atoms with Gasteiger partial charge in [0, 0.05) is 12.8 Å². The zero-order valence-corrected chi connectivity index (χ0v) is 37.6. The van der Waals surface area contributed by atoms with Crippen LogP contribution in [0.2, 0.25) is 0 Å². The zero-order chi connectivity index (χ0) is 42.4. The van der Waals surface area contributed by atoms with Crippen molar-refractivity contribution in [3.63, 3.8) is 0 Å². The summed E-state index contributed by atoms with van der Waals surface area (Å²) in [6, 6.07) is -0.862. The lowest BCUT2D eigenvalue weighted by atomic mass is 10.0. The number of nitrogens with one attached hydrogen (secondary N) is 1. The van der Waals surface area contributed by atoms with Gasteiger partial charge in [-0.2, -0.15) is 0 Å². The van der Waals surface area contributed by atoms with Crippen LogP contribution in [-0.2, 0) is 19.1 Å². The molecule has 7 nitrogen and oxygen atoms in total. The first-order valence-electron chi connectivity index (χ1n) is 24.1. The molecule has 0 aromatic heterocycles. The van der Waals surface area contributed by atoms with E-state index in [0.29, 0.717) is 32.2 Å². The van der Waals surface area contributed by atoms with E-state index in [-0.39, 0.29) is 18.0 Å². The average molecular weight is 811 g/mol. The first-order chi connectivity index (χ1) is 28.4. The Balaban J connectivity index is 4.36. The Morgan fingerprint density at radius 2 is 0.966 bits per heavy atom. The maximum Gasteiger partial charge on any atom is 0.326 e. The highest BCUT2D eigenvalue weighted by atomic mass is 16.5. The Kier molecular flexibility index (Phi) is 42.9. The molecule has 0 aliphatic carbocycles. The molecule has 7 heteroatoms. The van der Waals surface area contributed by atoms with E-state index in [0.717, 1.165) is 109 Å². The number of carboxylic acids is 1. The summed E-state index contributed by atoms with van der Waals surface area (Å²) in [6.45, 7) is 4.84. The first kappa shape index (κ1) is 55.1. The number of amides is 1. The van der Waals surface area contributed by atoms with E-state index in [1.807, 2.05) is 0 Å². The van der Waals surface area contributed by atoms with E-state index >= 15 is 0 Å². The van der Waals surface area contributed by atoms with Crippen molar-refractivity contribution in [2.24, 2.45) is 5.73 Å². The second-order valence-electron chi connectivity index (χ2n) is 16.1. The van der Waals surface area contributed by atoms with Crippen LogP contribution in [0.4, 0.5) is 0 Å². The summed E-state index contributed by atoms with van der Waals surface area (Å²) in [5, 5.41) is 12.0. The highest BCUT2D eigenvalue weighted by molar-refractivity contribution is 5.83. The van der Waals surface area contributed by atoms with Gasteiger partial charge in [0.2, 0.25) is 5.91 Å². The number of aliphatic carboxylic acids is 1. The van der Waals surface area contributed by atoms with Crippen molar-refractivity contribution in [2.75, 3.05) is 6.54 Å². The third-order valence-corrected chi connectivity index (χ3v) is 10.6. The maximum atomic E-state index is 12.8. The molecule has 0 aromatic carbocycles. The fraction of sp³-hybridized carbons (Fsp3) is 0.745. The molecule has 0 saturated heterocycles. The van der Waals surface area contributed by atoms with E-state index in [2.05, 4.69) is 79.9 Å². The highest BCUT2D eigenvalue weighted by Gasteiger charge is 2.19.